The predicted molar refractivity (Wildman–Crippen MR) is 152 cm³/mol. The predicted octanol–water partition coefficient (Wildman–Crippen LogP) is 4.19. The molecule has 2 aliphatic rings. The lowest BCUT2D eigenvalue weighted by Gasteiger charge is -2.55. The van der Waals surface area contributed by atoms with E-state index in [2.05, 4.69) is 9.97 Å². The third-order valence-electron chi connectivity index (χ3n) is 7.69. The van der Waals surface area contributed by atoms with E-state index in [1.54, 1.807) is 24.0 Å². The molecule has 0 saturated carbocycles. The van der Waals surface area contributed by atoms with Gasteiger partial charge in [-0.1, -0.05) is 42.5 Å². The number of fused-ring (bicyclic) bond motifs is 3. The number of carbonyl (C=O) groups excluding carboxylic acids is 2. The van der Waals surface area contributed by atoms with E-state index in [-0.39, 0.29) is 24.4 Å². The minimum atomic E-state index is -1.13. The van der Waals surface area contributed by atoms with Crippen molar-refractivity contribution in [1.29, 1.82) is 0 Å². The maximum atomic E-state index is 13.9. The van der Waals surface area contributed by atoms with Crippen molar-refractivity contribution in [2.75, 3.05) is 25.7 Å². The molecule has 1 fully saturated rings. The van der Waals surface area contributed by atoms with Crippen LogP contribution in [0.5, 0.6) is 17.5 Å². The first kappa shape index (κ1) is 26.3. The molecule has 6 rings (SSSR count). The van der Waals surface area contributed by atoms with Crippen LogP contribution in [0, 0.1) is 13.8 Å². The Labute approximate surface area is 238 Å². The third-order valence-corrected chi connectivity index (χ3v) is 7.69. The van der Waals surface area contributed by atoms with Crippen LogP contribution in [0.3, 0.4) is 0 Å². The fourth-order valence-corrected chi connectivity index (χ4v) is 5.84. The van der Waals surface area contributed by atoms with Gasteiger partial charge in [0.25, 0.3) is 5.91 Å². The number of rotatable bonds is 7. The summed E-state index contributed by atoms with van der Waals surface area (Å²) in [5, 5.41) is 0. The molecule has 9 nitrogen and oxygen atoms in total. The number of carbonyl (C=O) groups is 2. The van der Waals surface area contributed by atoms with Gasteiger partial charge >= 0.3 is 6.01 Å². The lowest BCUT2D eigenvalue weighted by molar-refractivity contribution is -0.178. The zero-order valence-corrected chi connectivity index (χ0v) is 23.3. The monoisotopic (exact) mass is 550 g/mol. The molecule has 3 heterocycles. The fraction of sp³-hybridized carbons (Fsp3) is 0.250. The van der Waals surface area contributed by atoms with Crippen LogP contribution in [0.4, 0.5) is 5.69 Å². The average molecular weight is 551 g/mol. The summed E-state index contributed by atoms with van der Waals surface area (Å²) in [5.41, 5.74) is 3.48. The number of methoxy groups -OCH3 is 2. The van der Waals surface area contributed by atoms with Gasteiger partial charge in [-0.25, -0.2) is 9.97 Å². The second kappa shape index (κ2) is 10.2. The summed E-state index contributed by atoms with van der Waals surface area (Å²) in [5.74, 6) is 0.843. The zero-order chi connectivity index (χ0) is 28.7. The minimum absolute atomic E-state index is 0.117. The maximum Gasteiger partial charge on any atom is 0.317 e. The van der Waals surface area contributed by atoms with Gasteiger partial charge in [-0.15, -0.1) is 0 Å². The first-order valence-electron chi connectivity index (χ1n) is 13.3. The largest absolute Gasteiger partial charge is 0.497 e. The van der Waals surface area contributed by atoms with Gasteiger partial charge in [0.05, 0.1) is 26.5 Å². The Kier molecular flexibility index (Phi) is 6.57. The number of hydrogen-bond donors (Lipinski definition) is 0. The number of para-hydroxylation sites is 1. The van der Waals surface area contributed by atoms with Crippen LogP contribution < -0.4 is 19.1 Å². The smallest absolute Gasteiger partial charge is 0.317 e. The number of anilines is 1. The standard InChI is InChI=1S/C32H30N4O5/c1-20-16-21(2)34-31(33-20)41-29-30(38)36-19-28(37)35(18-22-12-14-24(39-3)15-13-22)27-11-6-5-10-26(27)32(29,36)23-8-7-9-25(17-23)40-4/h5-17,29H,18-19H2,1-4H3/t29-,32+/m1/s1. The molecule has 0 unspecified atom stereocenters. The van der Waals surface area contributed by atoms with Crippen molar-refractivity contribution in [2.24, 2.45) is 0 Å². The summed E-state index contributed by atoms with van der Waals surface area (Å²) >= 11 is 0. The van der Waals surface area contributed by atoms with Gasteiger partial charge in [0, 0.05) is 17.0 Å². The Balaban J connectivity index is 1.53. The number of amides is 2. The summed E-state index contributed by atoms with van der Waals surface area (Å²) in [6, 6.07) is 24.8. The van der Waals surface area contributed by atoms with Gasteiger partial charge < -0.3 is 24.0 Å². The van der Waals surface area contributed by atoms with Crippen molar-refractivity contribution in [3.63, 3.8) is 0 Å². The number of hydrogen-bond acceptors (Lipinski definition) is 7. The summed E-state index contributed by atoms with van der Waals surface area (Å²) in [4.78, 5) is 40.0. The Bertz CT molecular complexity index is 1620. The van der Waals surface area contributed by atoms with Crippen LogP contribution in [0.25, 0.3) is 0 Å². The number of nitrogens with zero attached hydrogens (tertiary/aromatic N) is 4. The molecule has 0 N–H and O–H groups in total. The normalized spacial score (nSPS) is 19.6. The molecule has 2 amide bonds. The first-order chi connectivity index (χ1) is 19.8. The molecular formula is C32H30N4O5. The van der Waals surface area contributed by atoms with Crippen LogP contribution in [-0.2, 0) is 21.7 Å². The fourth-order valence-electron chi connectivity index (χ4n) is 5.84. The van der Waals surface area contributed by atoms with Crippen molar-refractivity contribution >= 4 is 17.5 Å². The molecule has 0 aliphatic carbocycles. The van der Waals surface area contributed by atoms with E-state index < -0.39 is 11.6 Å². The second-order valence-electron chi connectivity index (χ2n) is 10.2. The first-order valence-corrected chi connectivity index (χ1v) is 13.3. The molecule has 2 atom stereocenters. The molecule has 41 heavy (non-hydrogen) atoms. The van der Waals surface area contributed by atoms with E-state index >= 15 is 0 Å². The summed E-state index contributed by atoms with van der Waals surface area (Å²) in [6.07, 6.45) is -1.01. The average Bonchev–Trinajstić information content (AvgIpc) is 3.07. The zero-order valence-electron chi connectivity index (χ0n) is 23.3. The Morgan fingerprint density at radius 2 is 1.56 bits per heavy atom. The lowest BCUT2D eigenvalue weighted by atomic mass is 9.69. The number of ether oxygens (including phenoxy) is 3. The summed E-state index contributed by atoms with van der Waals surface area (Å²) in [7, 11) is 3.21. The van der Waals surface area contributed by atoms with E-state index in [1.165, 1.54) is 0 Å². The number of benzene rings is 3. The van der Waals surface area contributed by atoms with E-state index in [0.29, 0.717) is 18.0 Å². The molecule has 1 aromatic heterocycles. The number of aromatic nitrogens is 2. The lowest BCUT2D eigenvalue weighted by Crippen LogP contribution is -2.74. The van der Waals surface area contributed by atoms with E-state index in [1.807, 2.05) is 92.7 Å². The topological polar surface area (TPSA) is 94.1 Å². The third kappa shape index (κ3) is 4.34. The van der Waals surface area contributed by atoms with Crippen LogP contribution >= 0.6 is 0 Å². The molecule has 208 valence electrons. The van der Waals surface area contributed by atoms with Gasteiger partial charge in [-0.05, 0) is 61.4 Å². The van der Waals surface area contributed by atoms with Gasteiger partial charge in [0.1, 0.15) is 23.6 Å². The SMILES string of the molecule is COc1ccc(CN2C(=O)CN3C(=O)[C@@H](Oc4nc(C)cc(C)n4)[C@]3(c3cccc(OC)c3)c3ccccc32)cc1. The van der Waals surface area contributed by atoms with Crippen LogP contribution in [0.2, 0.25) is 0 Å². The van der Waals surface area contributed by atoms with E-state index in [9.17, 15) is 9.59 Å². The van der Waals surface area contributed by atoms with Crippen molar-refractivity contribution in [1.82, 2.24) is 14.9 Å². The van der Waals surface area contributed by atoms with Crippen molar-refractivity contribution < 1.29 is 23.8 Å². The molecular weight excluding hydrogens is 520 g/mol. The van der Waals surface area contributed by atoms with Gasteiger partial charge in [0.2, 0.25) is 12.0 Å². The maximum absolute atomic E-state index is 13.9. The van der Waals surface area contributed by atoms with Gasteiger partial charge in [0.15, 0.2) is 0 Å². The molecule has 9 heteroatoms. The second-order valence-corrected chi connectivity index (χ2v) is 10.2. The van der Waals surface area contributed by atoms with Crippen molar-refractivity contribution in [2.45, 2.75) is 32.0 Å². The summed E-state index contributed by atoms with van der Waals surface area (Å²) < 4.78 is 17.2. The van der Waals surface area contributed by atoms with Crippen LogP contribution in [-0.4, -0.2) is 53.6 Å². The highest BCUT2D eigenvalue weighted by molar-refractivity contribution is 6.04. The molecule has 0 spiro atoms. The van der Waals surface area contributed by atoms with Crippen molar-refractivity contribution in [3.8, 4) is 17.5 Å². The highest BCUT2D eigenvalue weighted by Crippen LogP contribution is 2.53. The number of β-lactam (4-membered cyclic amide) rings is 1. The van der Waals surface area contributed by atoms with E-state index in [4.69, 9.17) is 14.2 Å². The minimum Gasteiger partial charge on any atom is -0.497 e. The molecule has 3 aromatic carbocycles. The highest BCUT2D eigenvalue weighted by atomic mass is 16.5. The quantitative estimate of drug-likeness (QED) is 0.319. The summed E-state index contributed by atoms with van der Waals surface area (Å²) in [6.45, 7) is 3.89. The molecule has 2 aliphatic heterocycles. The Hall–Kier alpha value is -4.92. The Morgan fingerprint density at radius 1 is 0.854 bits per heavy atom. The molecule has 4 aromatic rings. The molecule has 1 saturated heterocycles. The van der Waals surface area contributed by atoms with E-state index in [0.717, 1.165) is 33.8 Å². The number of aryl methyl sites for hydroxylation is 2. The van der Waals surface area contributed by atoms with Crippen LogP contribution in [0.1, 0.15) is 28.1 Å². The van der Waals surface area contributed by atoms with Crippen LogP contribution in [0.15, 0.2) is 78.9 Å². The Morgan fingerprint density at radius 3 is 2.27 bits per heavy atom. The molecule has 0 radical (unpaired) electrons. The molecule has 0 bridgehead atoms. The van der Waals surface area contributed by atoms with Gasteiger partial charge in [-0.2, -0.15) is 0 Å². The highest BCUT2D eigenvalue weighted by Gasteiger charge is 2.67. The van der Waals surface area contributed by atoms with Crippen molar-refractivity contribution in [3.05, 3.63) is 107 Å². The van der Waals surface area contributed by atoms with Gasteiger partial charge in [-0.3, -0.25) is 9.59 Å².